The fourth-order valence-electron chi connectivity index (χ4n) is 3.11. The van der Waals surface area contributed by atoms with E-state index < -0.39 is 0 Å². The maximum Gasteiger partial charge on any atom is 0.223 e. The molecular weight excluding hydrogens is 278 g/mol. The zero-order valence-corrected chi connectivity index (χ0v) is 13.0. The Bertz CT molecular complexity index is 585. The Labute approximate surface area is 131 Å². The summed E-state index contributed by atoms with van der Waals surface area (Å²) in [4.78, 5) is 16.1. The molecule has 5 nitrogen and oxygen atoms in total. The van der Waals surface area contributed by atoms with Crippen LogP contribution in [0.4, 0.5) is 0 Å². The molecule has 118 valence electrons. The Balaban J connectivity index is 1.70. The van der Waals surface area contributed by atoms with Gasteiger partial charge in [-0.05, 0) is 24.8 Å². The van der Waals surface area contributed by atoms with Crippen LogP contribution < -0.4 is 10.5 Å². The van der Waals surface area contributed by atoms with Gasteiger partial charge in [0.15, 0.2) is 0 Å². The van der Waals surface area contributed by atoms with E-state index in [1.165, 1.54) is 5.57 Å². The van der Waals surface area contributed by atoms with Gasteiger partial charge in [-0.2, -0.15) is 0 Å². The summed E-state index contributed by atoms with van der Waals surface area (Å²) >= 11 is 0. The summed E-state index contributed by atoms with van der Waals surface area (Å²) in [6.45, 7) is 4.80. The van der Waals surface area contributed by atoms with Gasteiger partial charge in [0.25, 0.3) is 0 Å². The minimum Gasteiger partial charge on any atom is -0.489 e. The third-order valence-corrected chi connectivity index (χ3v) is 4.33. The van der Waals surface area contributed by atoms with Crippen LogP contribution in [0.25, 0.3) is 6.08 Å². The molecule has 5 heteroatoms. The third kappa shape index (κ3) is 3.48. The van der Waals surface area contributed by atoms with Crippen LogP contribution in [0.2, 0.25) is 0 Å². The van der Waals surface area contributed by atoms with Crippen LogP contribution in [0.5, 0.6) is 5.75 Å². The second-order valence-electron chi connectivity index (χ2n) is 6.23. The predicted molar refractivity (Wildman–Crippen MR) is 86.5 cm³/mol. The first kappa shape index (κ1) is 15.1. The number of carbonyl (C=O) groups excluding carboxylic acids is 1. The molecule has 0 unspecified atom stereocenters. The monoisotopic (exact) mass is 301 g/mol. The molecule has 0 saturated carbocycles. The number of carbonyl (C=O) groups is 1. The molecule has 1 fully saturated rings. The maximum atomic E-state index is 11.6. The van der Waals surface area contributed by atoms with Crippen molar-refractivity contribution < 1.29 is 9.53 Å². The van der Waals surface area contributed by atoms with E-state index in [-0.39, 0.29) is 11.8 Å². The SMILES string of the molecule is CN1CCN(CC2=Cc3ccccc3OC2)C[C@H](C(N)=O)C1. The first-order chi connectivity index (χ1) is 10.6. The lowest BCUT2D eigenvalue weighted by molar-refractivity contribution is -0.122. The van der Waals surface area contributed by atoms with E-state index in [2.05, 4.69) is 21.9 Å². The van der Waals surface area contributed by atoms with Gasteiger partial charge in [0.05, 0.1) is 5.92 Å². The summed E-state index contributed by atoms with van der Waals surface area (Å²) in [5.41, 5.74) is 7.89. The average Bonchev–Trinajstić information content (AvgIpc) is 2.69. The van der Waals surface area contributed by atoms with Crippen molar-refractivity contribution >= 4 is 12.0 Å². The Hall–Kier alpha value is -1.85. The summed E-state index contributed by atoms with van der Waals surface area (Å²) in [6, 6.07) is 8.06. The highest BCUT2D eigenvalue weighted by atomic mass is 16.5. The van der Waals surface area contributed by atoms with Gasteiger partial charge >= 0.3 is 0 Å². The van der Waals surface area contributed by atoms with Gasteiger partial charge in [-0.15, -0.1) is 0 Å². The van der Waals surface area contributed by atoms with E-state index in [1.807, 2.05) is 25.2 Å². The van der Waals surface area contributed by atoms with Gasteiger partial charge in [0.2, 0.25) is 5.91 Å². The topological polar surface area (TPSA) is 58.8 Å². The van der Waals surface area contributed by atoms with Gasteiger partial charge in [0.1, 0.15) is 12.4 Å². The second-order valence-corrected chi connectivity index (χ2v) is 6.23. The minimum atomic E-state index is -0.210. The molecule has 1 aromatic carbocycles. The van der Waals surface area contributed by atoms with E-state index in [0.717, 1.165) is 44.0 Å². The first-order valence-electron chi connectivity index (χ1n) is 7.73. The molecule has 2 aliphatic heterocycles. The van der Waals surface area contributed by atoms with Crippen molar-refractivity contribution in [2.75, 3.05) is 46.4 Å². The molecule has 1 aromatic rings. The summed E-state index contributed by atoms with van der Waals surface area (Å²) in [7, 11) is 2.04. The van der Waals surface area contributed by atoms with Crippen molar-refractivity contribution in [2.45, 2.75) is 0 Å². The van der Waals surface area contributed by atoms with E-state index >= 15 is 0 Å². The van der Waals surface area contributed by atoms with Crippen molar-refractivity contribution in [1.82, 2.24) is 9.80 Å². The second kappa shape index (κ2) is 6.50. The van der Waals surface area contributed by atoms with Gasteiger partial charge in [0, 0.05) is 38.3 Å². The van der Waals surface area contributed by atoms with Crippen LogP contribution in [0.1, 0.15) is 5.56 Å². The molecule has 1 saturated heterocycles. The molecule has 1 amide bonds. The zero-order valence-electron chi connectivity index (χ0n) is 13.0. The molecular formula is C17H23N3O2. The normalized spacial score (nSPS) is 23.1. The van der Waals surface area contributed by atoms with Crippen LogP contribution >= 0.6 is 0 Å². The fourth-order valence-corrected chi connectivity index (χ4v) is 3.11. The van der Waals surface area contributed by atoms with Crippen molar-refractivity contribution in [3.05, 3.63) is 35.4 Å². The Morgan fingerprint density at radius 2 is 2.14 bits per heavy atom. The summed E-state index contributed by atoms with van der Waals surface area (Å²) < 4.78 is 5.81. The highest BCUT2D eigenvalue weighted by molar-refractivity contribution is 5.77. The van der Waals surface area contributed by atoms with Crippen LogP contribution in [0.15, 0.2) is 29.8 Å². The molecule has 0 spiro atoms. The molecule has 0 aliphatic carbocycles. The van der Waals surface area contributed by atoms with Crippen LogP contribution in [-0.2, 0) is 4.79 Å². The quantitative estimate of drug-likeness (QED) is 0.897. The fraction of sp³-hybridized carbons (Fsp3) is 0.471. The van der Waals surface area contributed by atoms with E-state index in [4.69, 9.17) is 10.5 Å². The molecule has 2 heterocycles. The van der Waals surface area contributed by atoms with Crippen molar-refractivity contribution in [1.29, 1.82) is 0 Å². The number of hydrogen-bond acceptors (Lipinski definition) is 4. The number of fused-ring (bicyclic) bond motifs is 1. The van der Waals surface area contributed by atoms with Crippen molar-refractivity contribution in [2.24, 2.45) is 11.7 Å². The van der Waals surface area contributed by atoms with Crippen molar-refractivity contribution in [3.63, 3.8) is 0 Å². The summed E-state index contributed by atoms with van der Waals surface area (Å²) in [5, 5.41) is 0. The number of amides is 1. The Morgan fingerprint density at radius 1 is 1.32 bits per heavy atom. The lowest BCUT2D eigenvalue weighted by Crippen LogP contribution is -2.38. The smallest absolute Gasteiger partial charge is 0.223 e. The average molecular weight is 301 g/mol. The van der Waals surface area contributed by atoms with Crippen LogP contribution in [0, 0.1) is 5.92 Å². The molecule has 0 bridgehead atoms. The molecule has 3 rings (SSSR count). The maximum absolute atomic E-state index is 11.6. The number of nitrogens with zero attached hydrogens (tertiary/aromatic N) is 2. The summed E-state index contributed by atoms with van der Waals surface area (Å²) in [5.74, 6) is 0.625. The number of rotatable bonds is 3. The number of hydrogen-bond donors (Lipinski definition) is 1. The van der Waals surface area contributed by atoms with E-state index in [9.17, 15) is 4.79 Å². The number of ether oxygens (including phenoxy) is 1. The molecule has 22 heavy (non-hydrogen) atoms. The Kier molecular flexibility index (Phi) is 4.45. The minimum absolute atomic E-state index is 0.107. The lowest BCUT2D eigenvalue weighted by atomic mass is 10.1. The van der Waals surface area contributed by atoms with Crippen molar-refractivity contribution in [3.8, 4) is 5.75 Å². The van der Waals surface area contributed by atoms with Gasteiger partial charge < -0.3 is 15.4 Å². The molecule has 2 N–H and O–H groups in total. The molecule has 1 atom stereocenters. The van der Waals surface area contributed by atoms with Gasteiger partial charge in [-0.25, -0.2) is 0 Å². The zero-order chi connectivity index (χ0) is 15.5. The number of para-hydroxylation sites is 1. The van der Waals surface area contributed by atoms with E-state index in [1.54, 1.807) is 0 Å². The largest absolute Gasteiger partial charge is 0.489 e. The highest BCUT2D eigenvalue weighted by Gasteiger charge is 2.25. The van der Waals surface area contributed by atoms with E-state index in [0.29, 0.717) is 6.61 Å². The third-order valence-electron chi connectivity index (χ3n) is 4.33. The molecule has 0 radical (unpaired) electrons. The van der Waals surface area contributed by atoms with Crippen LogP contribution in [-0.4, -0.2) is 62.1 Å². The number of primary amides is 1. The van der Waals surface area contributed by atoms with Gasteiger partial charge in [-0.1, -0.05) is 18.2 Å². The van der Waals surface area contributed by atoms with Gasteiger partial charge in [-0.3, -0.25) is 9.69 Å². The Morgan fingerprint density at radius 3 is 2.95 bits per heavy atom. The standard InChI is InChI=1S/C17H23N3O2/c1-19-6-7-20(11-15(10-19)17(18)21)9-13-8-14-4-2-3-5-16(14)22-12-13/h2-5,8,15H,6-7,9-12H2,1H3,(H2,18,21)/t15-/m1/s1. The predicted octanol–water partition coefficient (Wildman–Crippen LogP) is 0.811. The number of benzene rings is 1. The highest BCUT2D eigenvalue weighted by Crippen LogP contribution is 2.26. The molecule has 2 aliphatic rings. The number of nitrogens with two attached hydrogens (primary N) is 1. The number of likely N-dealkylation sites (N-methyl/N-ethyl adjacent to an activating group) is 1. The lowest BCUT2D eigenvalue weighted by Gasteiger charge is -2.26. The molecule has 0 aromatic heterocycles. The van der Waals surface area contributed by atoms with Crippen LogP contribution in [0.3, 0.4) is 0 Å². The first-order valence-corrected chi connectivity index (χ1v) is 7.73. The summed E-state index contributed by atoms with van der Waals surface area (Å²) in [6.07, 6.45) is 2.20.